The Hall–Kier alpha value is -1.52. The number of pyridine rings is 1. The molecule has 0 aromatic carbocycles. The van der Waals surface area contributed by atoms with Gasteiger partial charge in [0.1, 0.15) is 22.9 Å². The number of sulfonamides is 1. The highest BCUT2D eigenvalue weighted by Gasteiger charge is 2.25. The molecule has 0 aliphatic carbocycles. The average Bonchev–Trinajstić information content (AvgIpc) is 2.85. The summed E-state index contributed by atoms with van der Waals surface area (Å²) in [5.74, 6) is 0.389. The second-order valence-corrected chi connectivity index (χ2v) is 6.66. The first-order valence-corrected chi connectivity index (χ1v) is 7.36. The van der Waals surface area contributed by atoms with E-state index in [0.29, 0.717) is 10.3 Å². The summed E-state index contributed by atoms with van der Waals surface area (Å²) in [6.45, 7) is 0.0638. The fraction of sp³-hybridized carbons (Fsp3) is 0.222. The molecule has 0 spiro atoms. The zero-order valence-corrected chi connectivity index (χ0v) is 12.3. The van der Waals surface area contributed by atoms with Crippen LogP contribution in [-0.2, 0) is 16.6 Å². The molecule has 2 aromatic heterocycles. The number of aromatic amines is 1. The highest BCUT2D eigenvalue weighted by Crippen LogP contribution is 2.23. The normalized spacial score (nSPS) is 11.9. The third kappa shape index (κ3) is 2.91. The van der Waals surface area contributed by atoms with Crippen LogP contribution < -0.4 is 5.73 Å². The molecule has 0 aliphatic heterocycles. The first-order valence-electron chi connectivity index (χ1n) is 5.13. The Morgan fingerprint density at radius 2 is 2.21 bits per heavy atom. The van der Waals surface area contributed by atoms with Crippen molar-refractivity contribution in [3.63, 3.8) is 0 Å². The first-order chi connectivity index (χ1) is 8.91. The highest BCUT2D eigenvalue weighted by molar-refractivity contribution is 9.10. The van der Waals surface area contributed by atoms with Crippen molar-refractivity contribution in [1.82, 2.24) is 24.5 Å². The van der Waals surface area contributed by atoms with Gasteiger partial charge in [0.15, 0.2) is 0 Å². The average molecular weight is 347 g/mol. The number of hydrogen-bond donors (Lipinski definition) is 2. The number of hydrogen-bond acceptors (Lipinski definition) is 6. The van der Waals surface area contributed by atoms with Gasteiger partial charge in [-0.25, -0.2) is 18.4 Å². The van der Waals surface area contributed by atoms with E-state index >= 15 is 0 Å². The lowest BCUT2D eigenvalue weighted by Gasteiger charge is -2.16. The summed E-state index contributed by atoms with van der Waals surface area (Å²) in [7, 11) is -2.31. The van der Waals surface area contributed by atoms with Crippen molar-refractivity contribution in [2.45, 2.75) is 11.4 Å². The fourth-order valence-electron chi connectivity index (χ4n) is 1.41. The van der Waals surface area contributed by atoms with Crippen molar-refractivity contribution < 1.29 is 8.42 Å². The smallest absolute Gasteiger partial charge is 0.246 e. The number of nitrogens with zero attached hydrogens (tertiary/aromatic N) is 4. The Morgan fingerprint density at radius 1 is 1.47 bits per heavy atom. The van der Waals surface area contributed by atoms with Gasteiger partial charge in [-0.05, 0) is 22.0 Å². The SMILES string of the molecule is CN(Cc1ncn[nH]1)S(=O)(=O)c1cc(Br)cnc1N. The van der Waals surface area contributed by atoms with E-state index in [9.17, 15) is 8.42 Å². The van der Waals surface area contributed by atoms with Gasteiger partial charge in [-0.2, -0.15) is 9.40 Å². The fourth-order valence-corrected chi connectivity index (χ4v) is 3.11. The molecule has 0 saturated heterocycles. The molecule has 0 unspecified atom stereocenters. The van der Waals surface area contributed by atoms with Crippen LogP contribution >= 0.6 is 15.9 Å². The van der Waals surface area contributed by atoms with Gasteiger partial charge in [0.2, 0.25) is 10.0 Å². The highest BCUT2D eigenvalue weighted by atomic mass is 79.9. The van der Waals surface area contributed by atoms with Gasteiger partial charge < -0.3 is 5.73 Å². The van der Waals surface area contributed by atoms with E-state index in [2.05, 4.69) is 36.1 Å². The molecule has 102 valence electrons. The predicted molar refractivity (Wildman–Crippen MR) is 71.4 cm³/mol. The van der Waals surface area contributed by atoms with Crippen molar-refractivity contribution in [2.24, 2.45) is 0 Å². The van der Waals surface area contributed by atoms with Crippen molar-refractivity contribution in [3.8, 4) is 0 Å². The van der Waals surface area contributed by atoms with Gasteiger partial charge in [0, 0.05) is 17.7 Å². The minimum Gasteiger partial charge on any atom is -0.383 e. The quantitative estimate of drug-likeness (QED) is 0.825. The molecule has 0 atom stereocenters. The van der Waals surface area contributed by atoms with E-state index in [1.54, 1.807) is 0 Å². The molecule has 0 saturated carbocycles. The van der Waals surface area contributed by atoms with Crippen LogP contribution in [0.1, 0.15) is 5.82 Å². The number of halogens is 1. The maximum atomic E-state index is 12.4. The largest absolute Gasteiger partial charge is 0.383 e. The molecule has 2 heterocycles. The Morgan fingerprint density at radius 3 is 2.84 bits per heavy atom. The molecular formula is C9H11BrN6O2S. The summed E-state index contributed by atoms with van der Waals surface area (Å²) in [5.41, 5.74) is 5.61. The summed E-state index contributed by atoms with van der Waals surface area (Å²) in [4.78, 5) is 7.64. The van der Waals surface area contributed by atoms with Crippen LogP contribution in [0.5, 0.6) is 0 Å². The monoisotopic (exact) mass is 346 g/mol. The van der Waals surface area contributed by atoms with Crippen LogP contribution in [0.2, 0.25) is 0 Å². The van der Waals surface area contributed by atoms with E-state index in [4.69, 9.17) is 5.73 Å². The number of H-pyrrole nitrogens is 1. The molecule has 3 N–H and O–H groups in total. The number of anilines is 1. The molecule has 0 fully saturated rings. The Labute approximate surface area is 118 Å². The van der Waals surface area contributed by atoms with Crippen molar-refractivity contribution in [1.29, 1.82) is 0 Å². The lowest BCUT2D eigenvalue weighted by atomic mass is 10.5. The zero-order valence-electron chi connectivity index (χ0n) is 9.91. The lowest BCUT2D eigenvalue weighted by molar-refractivity contribution is 0.457. The maximum Gasteiger partial charge on any atom is 0.246 e. The molecule has 8 nitrogen and oxygen atoms in total. The van der Waals surface area contributed by atoms with Gasteiger partial charge in [0.05, 0.1) is 6.54 Å². The van der Waals surface area contributed by atoms with E-state index < -0.39 is 10.0 Å². The van der Waals surface area contributed by atoms with E-state index in [1.807, 2.05) is 0 Å². The Bertz CT molecular complexity index is 672. The molecule has 10 heteroatoms. The Balaban J connectivity index is 2.33. The zero-order chi connectivity index (χ0) is 14.0. The molecule has 2 rings (SSSR count). The van der Waals surface area contributed by atoms with Crippen LogP contribution in [0.4, 0.5) is 5.82 Å². The molecule has 0 bridgehead atoms. The predicted octanol–water partition coefficient (Wildman–Crippen LogP) is 0.365. The first kappa shape index (κ1) is 13.9. The van der Waals surface area contributed by atoms with Gasteiger partial charge in [-0.3, -0.25) is 5.10 Å². The van der Waals surface area contributed by atoms with Crippen LogP contribution in [0.25, 0.3) is 0 Å². The van der Waals surface area contributed by atoms with Crippen LogP contribution in [-0.4, -0.2) is 39.9 Å². The third-order valence-corrected chi connectivity index (χ3v) is 4.64. The second kappa shape index (κ2) is 5.23. The van der Waals surface area contributed by atoms with Crippen molar-refractivity contribution >= 4 is 31.8 Å². The number of nitrogens with two attached hydrogens (primary N) is 1. The molecule has 0 radical (unpaired) electrons. The number of rotatable bonds is 4. The summed E-state index contributed by atoms with van der Waals surface area (Å²) in [6.07, 6.45) is 2.75. The summed E-state index contributed by atoms with van der Waals surface area (Å²) in [5, 5.41) is 6.25. The minimum absolute atomic E-state index is 0.0485. The third-order valence-electron chi connectivity index (χ3n) is 2.37. The van der Waals surface area contributed by atoms with Crippen LogP contribution in [0.3, 0.4) is 0 Å². The minimum atomic E-state index is -3.74. The molecule has 2 aromatic rings. The lowest BCUT2D eigenvalue weighted by Crippen LogP contribution is -2.28. The second-order valence-electron chi connectivity index (χ2n) is 3.73. The van der Waals surface area contributed by atoms with Crippen molar-refractivity contribution in [2.75, 3.05) is 12.8 Å². The standard InChI is InChI=1S/C9H11BrN6O2S/c1-16(4-8-13-5-14-15-8)19(17,18)7-2-6(10)3-12-9(7)11/h2-3,5H,4H2,1H3,(H2,11,12)(H,13,14,15). The molecule has 0 amide bonds. The summed E-state index contributed by atoms with van der Waals surface area (Å²) < 4.78 is 26.4. The molecule has 19 heavy (non-hydrogen) atoms. The van der Waals surface area contributed by atoms with E-state index in [1.165, 1.54) is 25.6 Å². The summed E-state index contributed by atoms with van der Waals surface area (Å²) in [6, 6.07) is 1.41. The number of aromatic nitrogens is 4. The molecule has 0 aliphatic rings. The van der Waals surface area contributed by atoms with Crippen LogP contribution in [0.15, 0.2) is 28.0 Å². The van der Waals surface area contributed by atoms with Gasteiger partial charge in [-0.1, -0.05) is 0 Å². The van der Waals surface area contributed by atoms with Gasteiger partial charge in [-0.15, -0.1) is 0 Å². The number of nitrogen functional groups attached to an aromatic ring is 1. The van der Waals surface area contributed by atoms with Gasteiger partial charge in [0.25, 0.3) is 0 Å². The topological polar surface area (TPSA) is 118 Å². The maximum absolute atomic E-state index is 12.4. The van der Waals surface area contributed by atoms with E-state index in [0.717, 1.165) is 4.31 Å². The Kier molecular flexibility index (Phi) is 3.83. The molecular weight excluding hydrogens is 336 g/mol. The summed E-state index contributed by atoms with van der Waals surface area (Å²) >= 11 is 3.17. The van der Waals surface area contributed by atoms with Gasteiger partial charge >= 0.3 is 0 Å². The van der Waals surface area contributed by atoms with Crippen LogP contribution in [0, 0.1) is 0 Å². The van der Waals surface area contributed by atoms with E-state index in [-0.39, 0.29) is 17.3 Å². The number of nitrogens with one attached hydrogen (secondary N) is 1. The van der Waals surface area contributed by atoms with Crippen molar-refractivity contribution in [3.05, 3.63) is 28.9 Å².